The minimum absolute atomic E-state index is 0.000632. The highest BCUT2D eigenvalue weighted by Crippen LogP contribution is 2.16. The minimum atomic E-state index is -0.546. The third-order valence-corrected chi connectivity index (χ3v) is 7.49. The van der Waals surface area contributed by atoms with E-state index in [0.717, 1.165) is 31.5 Å². The molecule has 0 fully saturated rings. The van der Waals surface area contributed by atoms with Crippen molar-refractivity contribution in [2.75, 3.05) is 18.5 Å². The number of hydrogen-bond acceptors (Lipinski definition) is 5. The van der Waals surface area contributed by atoms with Crippen LogP contribution in [0.1, 0.15) is 140 Å². The van der Waals surface area contributed by atoms with Gasteiger partial charge < -0.3 is 14.8 Å². The number of benzene rings is 1. The molecule has 0 aromatic heterocycles. The van der Waals surface area contributed by atoms with Crippen LogP contribution in [0.5, 0.6) is 11.5 Å². The van der Waals surface area contributed by atoms with Crippen molar-refractivity contribution >= 4 is 11.7 Å². The van der Waals surface area contributed by atoms with Crippen LogP contribution >= 0.6 is 0 Å². The summed E-state index contributed by atoms with van der Waals surface area (Å²) in [4.78, 5) is 25.1. The van der Waals surface area contributed by atoms with Crippen molar-refractivity contribution in [1.82, 2.24) is 0 Å². The monoisotopic (exact) mass is 565 g/mol. The lowest BCUT2D eigenvalue weighted by Crippen LogP contribution is -2.13. The van der Waals surface area contributed by atoms with Gasteiger partial charge in [0.25, 0.3) is 0 Å². The van der Waals surface area contributed by atoms with Crippen LogP contribution in [0.25, 0.3) is 0 Å². The highest BCUT2D eigenvalue weighted by Gasteiger charge is 2.11. The molecule has 0 aliphatic rings. The van der Waals surface area contributed by atoms with Gasteiger partial charge in [0.15, 0.2) is 5.75 Å². The first kappa shape index (κ1) is 34.4. The Labute approximate surface area is 249 Å². The summed E-state index contributed by atoms with van der Waals surface area (Å²) in [5, 5.41) is 3.42. The molecule has 2 rings (SSSR count). The quantitative estimate of drug-likeness (QED) is 0.101. The number of anilines is 1. The second kappa shape index (κ2) is 22.8. The molecule has 0 amide bonds. The van der Waals surface area contributed by atoms with Gasteiger partial charge in [-0.05, 0) is 61.4 Å². The van der Waals surface area contributed by atoms with E-state index in [2.05, 4.69) is 19.2 Å². The first-order chi connectivity index (χ1) is 20.1. The van der Waals surface area contributed by atoms with Gasteiger partial charge in [0.2, 0.25) is 5.43 Å². The van der Waals surface area contributed by atoms with Crippen molar-refractivity contribution in [1.29, 1.82) is 0 Å². The molecule has 5 nitrogen and oxygen atoms in total. The summed E-state index contributed by atoms with van der Waals surface area (Å²) in [7, 11) is 0. The lowest BCUT2D eigenvalue weighted by Gasteiger charge is -2.08. The van der Waals surface area contributed by atoms with Crippen LogP contribution in [-0.2, 0) is 0 Å². The van der Waals surface area contributed by atoms with Crippen LogP contribution in [0.3, 0.4) is 0 Å². The fourth-order valence-electron chi connectivity index (χ4n) is 4.87. The van der Waals surface area contributed by atoms with E-state index in [4.69, 9.17) is 9.47 Å². The lowest BCUT2D eigenvalue weighted by atomic mass is 10.1. The average molecular weight is 566 g/mol. The molecule has 5 heteroatoms. The Hall–Kier alpha value is -2.82. The average Bonchev–Trinajstić information content (AvgIpc) is 3.16. The summed E-state index contributed by atoms with van der Waals surface area (Å²) >= 11 is 0. The van der Waals surface area contributed by atoms with Gasteiger partial charge in [-0.3, -0.25) is 4.79 Å². The molecule has 0 radical (unpaired) electrons. The van der Waals surface area contributed by atoms with Crippen molar-refractivity contribution in [3.8, 4) is 11.5 Å². The Morgan fingerprint density at radius 3 is 1.71 bits per heavy atom. The maximum Gasteiger partial charge on any atom is 0.343 e. The summed E-state index contributed by atoms with van der Waals surface area (Å²) in [5.74, 6) is 0.0590. The second-order valence-corrected chi connectivity index (χ2v) is 11.2. The molecule has 0 heterocycles. The number of nitrogens with one attached hydrogen (secondary N) is 1. The molecule has 228 valence electrons. The maximum absolute atomic E-state index is 12.7. The molecule has 2 aromatic rings. The molecular weight excluding hydrogens is 510 g/mol. The van der Waals surface area contributed by atoms with E-state index < -0.39 is 5.97 Å². The fourth-order valence-corrected chi connectivity index (χ4v) is 4.87. The van der Waals surface area contributed by atoms with E-state index >= 15 is 0 Å². The summed E-state index contributed by atoms with van der Waals surface area (Å²) in [6.07, 6.45) is 23.1. The number of rotatable bonds is 24. The lowest BCUT2D eigenvalue weighted by molar-refractivity contribution is 0.0733. The topological polar surface area (TPSA) is 64.6 Å². The summed E-state index contributed by atoms with van der Waals surface area (Å²) in [6.45, 7) is 6.03. The fraction of sp³-hybridized carbons (Fsp3) is 0.611. The normalized spacial score (nSPS) is 10.9. The Kier molecular flexibility index (Phi) is 19.1. The van der Waals surface area contributed by atoms with Crippen molar-refractivity contribution in [3.63, 3.8) is 0 Å². The number of esters is 1. The van der Waals surface area contributed by atoms with E-state index in [1.54, 1.807) is 24.3 Å². The van der Waals surface area contributed by atoms with Gasteiger partial charge in [-0.25, -0.2) is 4.79 Å². The molecule has 0 spiro atoms. The van der Waals surface area contributed by atoms with Crippen LogP contribution in [0.4, 0.5) is 5.69 Å². The third kappa shape index (κ3) is 16.3. The van der Waals surface area contributed by atoms with Crippen LogP contribution in [0, 0.1) is 0 Å². The van der Waals surface area contributed by atoms with Gasteiger partial charge in [-0.2, -0.15) is 0 Å². The molecule has 0 unspecified atom stereocenters. The highest BCUT2D eigenvalue weighted by atomic mass is 16.5. The van der Waals surface area contributed by atoms with Gasteiger partial charge in [-0.1, -0.05) is 117 Å². The Balaban J connectivity index is 1.66. The smallest absolute Gasteiger partial charge is 0.343 e. The Morgan fingerprint density at radius 2 is 1.12 bits per heavy atom. The van der Waals surface area contributed by atoms with Gasteiger partial charge in [-0.15, -0.1) is 0 Å². The molecule has 0 aliphatic heterocycles. The van der Waals surface area contributed by atoms with Crippen LogP contribution in [0.2, 0.25) is 0 Å². The zero-order chi connectivity index (χ0) is 29.4. The van der Waals surface area contributed by atoms with Gasteiger partial charge >= 0.3 is 5.97 Å². The Bertz CT molecular complexity index is 1010. The molecule has 0 bridgehead atoms. The highest BCUT2D eigenvalue weighted by molar-refractivity contribution is 5.91. The van der Waals surface area contributed by atoms with E-state index in [0.29, 0.717) is 17.9 Å². The number of hydrogen-bond donors (Lipinski definition) is 1. The van der Waals surface area contributed by atoms with Crippen LogP contribution in [0.15, 0.2) is 53.3 Å². The summed E-state index contributed by atoms with van der Waals surface area (Å²) < 4.78 is 11.3. The number of carbonyl (C=O) groups excluding carboxylic acids is 1. The first-order valence-corrected chi connectivity index (χ1v) is 16.5. The van der Waals surface area contributed by atoms with Crippen molar-refractivity contribution in [2.24, 2.45) is 0 Å². The Morgan fingerprint density at radius 1 is 0.610 bits per heavy atom. The minimum Gasteiger partial charge on any atom is -0.494 e. The molecular formula is C36H55NO4. The summed E-state index contributed by atoms with van der Waals surface area (Å²) in [5.41, 5.74) is 1.03. The van der Waals surface area contributed by atoms with Gasteiger partial charge in [0.05, 0.1) is 12.2 Å². The third-order valence-electron chi connectivity index (χ3n) is 7.49. The zero-order valence-electron chi connectivity index (χ0n) is 25.9. The SMILES string of the molecule is CCCCCCCCCCCCOc1ccc(OC(=O)c2ccc(NCCCCCCCCCC)cc2)c(=O)cc1. The molecule has 0 saturated carbocycles. The molecule has 0 saturated heterocycles. The predicted molar refractivity (Wildman–Crippen MR) is 173 cm³/mol. The number of carbonyl (C=O) groups is 1. The van der Waals surface area contributed by atoms with Gasteiger partial charge in [0.1, 0.15) is 5.75 Å². The zero-order valence-corrected chi connectivity index (χ0v) is 25.9. The maximum atomic E-state index is 12.7. The van der Waals surface area contributed by atoms with Gasteiger partial charge in [0, 0.05) is 12.2 Å². The summed E-state index contributed by atoms with van der Waals surface area (Å²) in [6, 6.07) is 13.5. The van der Waals surface area contributed by atoms with Crippen molar-refractivity contribution < 1.29 is 14.3 Å². The molecule has 1 N–H and O–H groups in total. The first-order valence-electron chi connectivity index (χ1n) is 16.5. The molecule has 0 atom stereocenters. The largest absolute Gasteiger partial charge is 0.494 e. The standard InChI is InChI=1S/C36H55NO4/c1-3-5-7-9-11-13-14-16-18-20-30-40-33-25-27-34(38)35(28-26-33)41-36(39)31-21-23-32(24-22-31)37-29-19-17-15-12-10-8-6-4-2/h21-28,37H,3-20,29-30H2,1-2H3. The molecule has 0 aliphatic carbocycles. The van der Waals surface area contributed by atoms with E-state index in [9.17, 15) is 9.59 Å². The van der Waals surface area contributed by atoms with Crippen LogP contribution < -0.4 is 20.2 Å². The number of ether oxygens (including phenoxy) is 2. The van der Waals surface area contributed by atoms with Crippen molar-refractivity contribution in [2.45, 2.75) is 129 Å². The number of unbranched alkanes of at least 4 members (excludes halogenated alkanes) is 16. The van der Waals surface area contributed by atoms with E-state index in [-0.39, 0.29) is 11.2 Å². The molecule has 41 heavy (non-hydrogen) atoms. The van der Waals surface area contributed by atoms with E-state index in [1.807, 2.05) is 12.1 Å². The van der Waals surface area contributed by atoms with Crippen LogP contribution in [-0.4, -0.2) is 19.1 Å². The second-order valence-electron chi connectivity index (χ2n) is 11.2. The van der Waals surface area contributed by atoms with Crippen molar-refractivity contribution in [3.05, 3.63) is 64.3 Å². The predicted octanol–water partition coefficient (Wildman–Crippen LogP) is 10.1. The molecule has 2 aromatic carbocycles. The van der Waals surface area contributed by atoms with E-state index in [1.165, 1.54) is 108 Å².